The van der Waals surface area contributed by atoms with Gasteiger partial charge in [0.25, 0.3) is 0 Å². The van der Waals surface area contributed by atoms with E-state index < -0.39 is 5.56 Å². The maximum absolute atomic E-state index is 12.4. The molecule has 6 nitrogen and oxygen atoms in total. The summed E-state index contributed by atoms with van der Waals surface area (Å²) < 4.78 is 1.01. The molecule has 0 aliphatic carbocycles. The molecule has 0 unspecified atom stereocenters. The first-order valence-electron chi connectivity index (χ1n) is 7.48. The summed E-state index contributed by atoms with van der Waals surface area (Å²) in [5, 5.41) is 12.0. The van der Waals surface area contributed by atoms with Gasteiger partial charge in [-0.2, -0.15) is 4.68 Å². The van der Waals surface area contributed by atoms with E-state index >= 15 is 0 Å². The van der Waals surface area contributed by atoms with Crippen molar-refractivity contribution in [2.45, 2.75) is 17.8 Å². The van der Waals surface area contributed by atoms with Crippen LogP contribution in [0.15, 0.2) is 58.5 Å². The number of rotatable bonds is 5. The molecule has 0 amide bonds. The van der Waals surface area contributed by atoms with Crippen LogP contribution in [0.1, 0.15) is 11.1 Å². The second-order valence-corrected chi connectivity index (χ2v) is 6.79. The van der Waals surface area contributed by atoms with Crippen LogP contribution >= 0.6 is 23.4 Å². The van der Waals surface area contributed by atoms with Gasteiger partial charge in [-0.15, -0.1) is 10.2 Å². The quantitative estimate of drug-likeness (QED) is 0.527. The van der Waals surface area contributed by atoms with Gasteiger partial charge in [0.05, 0.1) is 0 Å². The summed E-state index contributed by atoms with van der Waals surface area (Å²) in [6.45, 7) is 1.97. The fourth-order valence-corrected chi connectivity index (χ4v) is 3.08. The van der Waals surface area contributed by atoms with Gasteiger partial charge in [-0.05, 0) is 42.3 Å². The molecule has 0 saturated carbocycles. The first-order chi connectivity index (χ1) is 12.0. The highest BCUT2D eigenvalue weighted by molar-refractivity contribution is 7.98. The number of hydrogen-bond donors (Lipinski definition) is 2. The Morgan fingerprint density at radius 2 is 1.96 bits per heavy atom. The van der Waals surface area contributed by atoms with Gasteiger partial charge in [0.2, 0.25) is 11.0 Å². The maximum atomic E-state index is 12.4. The Morgan fingerprint density at radius 3 is 2.68 bits per heavy atom. The number of nitrogens with zero attached hydrogens (tertiary/aromatic N) is 3. The molecule has 1 aromatic heterocycles. The number of hydrogen-bond acceptors (Lipinski definition) is 6. The Morgan fingerprint density at radius 1 is 1.20 bits per heavy atom. The van der Waals surface area contributed by atoms with E-state index in [1.807, 2.05) is 55.5 Å². The fraction of sp³-hybridized carbons (Fsp3) is 0.118. The molecule has 3 N–H and O–H groups in total. The number of anilines is 2. The number of aromatic nitrogens is 3. The van der Waals surface area contributed by atoms with Gasteiger partial charge in [0, 0.05) is 16.5 Å². The van der Waals surface area contributed by atoms with Gasteiger partial charge >= 0.3 is 5.56 Å². The van der Waals surface area contributed by atoms with Crippen molar-refractivity contribution in [2.75, 3.05) is 11.2 Å². The third kappa shape index (κ3) is 4.32. The number of nitrogens with two attached hydrogens (primary N) is 1. The second-order valence-electron chi connectivity index (χ2n) is 5.42. The van der Waals surface area contributed by atoms with E-state index in [9.17, 15) is 4.79 Å². The van der Waals surface area contributed by atoms with Crippen molar-refractivity contribution in [2.24, 2.45) is 0 Å². The van der Waals surface area contributed by atoms with E-state index in [1.54, 1.807) is 0 Å². The van der Waals surface area contributed by atoms with Crippen molar-refractivity contribution in [1.29, 1.82) is 0 Å². The van der Waals surface area contributed by atoms with Crippen molar-refractivity contribution in [3.05, 3.63) is 75.0 Å². The Balaban J connectivity index is 1.75. The van der Waals surface area contributed by atoms with Gasteiger partial charge in [-0.25, -0.2) is 0 Å². The first-order valence-corrected chi connectivity index (χ1v) is 8.85. The summed E-state index contributed by atoms with van der Waals surface area (Å²) in [5.41, 5.74) is 2.44. The standard InChI is InChI=1S/C17H16ClN5OS/c1-11-3-2-4-14(9-11)20-15-16(24)23(19)17(22-21-15)25-10-12-5-7-13(18)8-6-12/h2-9H,10,19H2,1H3,(H,20,21). The number of aryl methyl sites for hydroxylation is 1. The zero-order valence-corrected chi connectivity index (χ0v) is 15.0. The van der Waals surface area contributed by atoms with E-state index in [4.69, 9.17) is 17.4 Å². The van der Waals surface area contributed by atoms with Crippen LogP contribution in [0.5, 0.6) is 0 Å². The molecule has 0 spiro atoms. The molecule has 8 heteroatoms. The van der Waals surface area contributed by atoms with E-state index in [0.717, 1.165) is 21.5 Å². The number of nitrogen functional groups attached to an aromatic ring is 1. The van der Waals surface area contributed by atoms with Crippen LogP contribution in [0.3, 0.4) is 0 Å². The number of nitrogens with one attached hydrogen (secondary N) is 1. The smallest absolute Gasteiger partial charge is 0.315 e. The molecule has 0 aliphatic heterocycles. The van der Waals surface area contributed by atoms with Crippen LogP contribution in [-0.4, -0.2) is 14.9 Å². The molecule has 0 fully saturated rings. The lowest BCUT2D eigenvalue weighted by atomic mass is 10.2. The Hall–Kier alpha value is -2.51. The lowest BCUT2D eigenvalue weighted by molar-refractivity contribution is 0.705. The SMILES string of the molecule is Cc1cccc(Nc2nnc(SCc3ccc(Cl)cc3)n(N)c2=O)c1. The van der Waals surface area contributed by atoms with Gasteiger partial charge < -0.3 is 11.2 Å². The summed E-state index contributed by atoms with van der Waals surface area (Å²) in [5.74, 6) is 6.57. The van der Waals surface area contributed by atoms with E-state index in [0.29, 0.717) is 15.9 Å². The molecule has 0 radical (unpaired) electrons. The number of thioether (sulfide) groups is 1. The average Bonchev–Trinajstić information content (AvgIpc) is 2.60. The highest BCUT2D eigenvalue weighted by Gasteiger charge is 2.11. The van der Waals surface area contributed by atoms with Gasteiger partial charge in [-0.3, -0.25) is 4.79 Å². The van der Waals surface area contributed by atoms with E-state index in [-0.39, 0.29) is 5.82 Å². The first kappa shape index (κ1) is 17.3. The fourth-order valence-electron chi connectivity index (χ4n) is 2.15. The number of halogens is 1. The molecule has 25 heavy (non-hydrogen) atoms. The molecule has 128 valence electrons. The largest absolute Gasteiger partial charge is 0.334 e. The molecule has 3 rings (SSSR count). The number of benzene rings is 2. The van der Waals surface area contributed by atoms with Crippen LogP contribution in [0.25, 0.3) is 0 Å². The van der Waals surface area contributed by atoms with Gasteiger partial charge in [0.1, 0.15) is 0 Å². The van der Waals surface area contributed by atoms with Crippen LogP contribution in [0.4, 0.5) is 11.5 Å². The highest BCUT2D eigenvalue weighted by Crippen LogP contribution is 2.20. The van der Waals surface area contributed by atoms with E-state index in [1.165, 1.54) is 11.8 Å². The van der Waals surface area contributed by atoms with Crippen LogP contribution in [0.2, 0.25) is 5.02 Å². The average molecular weight is 374 g/mol. The van der Waals surface area contributed by atoms with Crippen molar-refractivity contribution >= 4 is 34.9 Å². The molecule has 3 aromatic rings. The van der Waals surface area contributed by atoms with Crippen LogP contribution < -0.4 is 16.7 Å². The molecule has 0 bridgehead atoms. The normalized spacial score (nSPS) is 10.6. The van der Waals surface area contributed by atoms with Crippen molar-refractivity contribution in [1.82, 2.24) is 14.9 Å². The summed E-state index contributed by atoms with van der Waals surface area (Å²) >= 11 is 7.20. The summed E-state index contributed by atoms with van der Waals surface area (Å²) in [7, 11) is 0. The monoisotopic (exact) mass is 373 g/mol. The molecule has 0 atom stereocenters. The minimum Gasteiger partial charge on any atom is -0.334 e. The topological polar surface area (TPSA) is 85.8 Å². The highest BCUT2D eigenvalue weighted by atomic mass is 35.5. The lowest BCUT2D eigenvalue weighted by Crippen LogP contribution is -2.32. The zero-order valence-electron chi connectivity index (χ0n) is 13.4. The predicted molar refractivity (Wildman–Crippen MR) is 102 cm³/mol. The summed E-state index contributed by atoms with van der Waals surface area (Å²) in [6.07, 6.45) is 0. The third-order valence-corrected chi connectivity index (χ3v) is 4.69. The third-order valence-electron chi connectivity index (χ3n) is 3.43. The molecule has 0 saturated heterocycles. The summed E-state index contributed by atoms with van der Waals surface area (Å²) in [6, 6.07) is 15.1. The second kappa shape index (κ2) is 7.58. The van der Waals surface area contributed by atoms with E-state index in [2.05, 4.69) is 15.5 Å². The molecule has 0 aliphatic rings. The van der Waals surface area contributed by atoms with Crippen molar-refractivity contribution in [3.63, 3.8) is 0 Å². The van der Waals surface area contributed by atoms with Crippen LogP contribution in [-0.2, 0) is 5.75 Å². The van der Waals surface area contributed by atoms with Crippen molar-refractivity contribution in [3.8, 4) is 0 Å². The molecule has 1 heterocycles. The molecular formula is C17H16ClN5OS. The summed E-state index contributed by atoms with van der Waals surface area (Å²) in [4.78, 5) is 12.4. The lowest BCUT2D eigenvalue weighted by Gasteiger charge is -2.09. The van der Waals surface area contributed by atoms with Crippen LogP contribution in [0, 0.1) is 6.92 Å². The Bertz CT molecular complexity index is 943. The van der Waals surface area contributed by atoms with Crippen molar-refractivity contribution < 1.29 is 0 Å². The maximum Gasteiger partial charge on any atom is 0.315 e. The zero-order chi connectivity index (χ0) is 17.8. The molecular weight excluding hydrogens is 358 g/mol. The minimum atomic E-state index is -0.435. The Labute approximate surface area is 154 Å². The van der Waals surface area contributed by atoms with Gasteiger partial charge in [-0.1, -0.05) is 47.6 Å². The predicted octanol–water partition coefficient (Wildman–Crippen LogP) is 3.35. The molecule has 2 aromatic carbocycles. The van der Waals surface area contributed by atoms with Gasteiger partial charge in [0.15, 0.2) is 0 Å². The Kier molecular flexibility index (Phi) is 5.25. The minimum absolute atomic E-state index is 0.0870.